The summed E-state index contributed by atoms with van der Waals surface area (Å²) in [5.74, 6) is 0.216. The Labute approximate surface area is 211 Å². The Balaban J connectivity index is 1.52. The van der Waals surface area contributed by atoms with Crippen molar-refractivity contribution in [3.8, 4) is 0 Å². The SMILES string of the molecule is CCCCCCCCCCCCN1C(N/N=C/c2ccc(Br)cc2)=NC2C1C(=O)NC(=O)N2C. The fraction of sp³-hybridized carbons (Fsp3) is 0.600. The number of aliphatic imine (C=N–C) groups is 1. The summed E-state index contributed by atoms with van der Waals surface area (Å²) in [6.07, 6.45) is 13.6. The third kappa shape index (κ3) is 7.29. The van der Waals surface area contributed by atoms with Gasteiger partial charge >= 0.3 is 6.03 Å². The molecule has 0 aromatic heterocycles. The Morgan fingerprint density at radius 2 is 1.65 bits per heavy atom. The number of fused-ring (bicyclic) bond motifs is 1. The quantitative estimate of drug-likeness (QED) is 0.216. The summed E-state index contributed by atoms with van der Waals surface area (Å²) in [6.45, 7) is 2.93. The third-order valence-corrected chi connectivity index (χ3v) is 6.89. The Morgan fingerprint density at radius 3 is 2.29 bits per heavy atom. The molecular formula is C25H37BrN6O2. The second kappa shape index (κ2) is 13.5. The first-order chi connectivity index (χ1) is 16.5. The molecule has 0 radical (unpaired) electrons. The van der Waals surface area contributed by atoms with Gasteiger partial charge in [0.05, 0.1) is 6.21 Å². The number of urea groups is 1. The molecule has 34 heavy (non-hydrogen) atoms. The van der Waals surface area contributed by atoms with Crippen LogP contribution in [0.4, 0.5) is 4.79 Å². The van der Waals surface area contributed by atoms with E-state index in [-0.39, 0.29) is 5.91 Å². The summed E-state index contributed by atoms with van der Waals surface area (Å²) in [7, 11) is 1.66. The molecule has 2 unspecified atom stereocenters. The van der Waals surface area contributed by atoms with Crippen LogP contribution in [-0.4, -0.2) is 59.7 Å². The molecule has 186 valence electrons. The van der Waals surface area contributed by atoms with Crippen LogP contribution in [0.15, 0.2) is 38.8 Å². The van der Waals surface area contributed by atoms with Crippen molar-refractivity contribution in [3.05, 3.63) is 34.3 Å². The summed E-state index contributed by atoms with van der Waals surface area (Å²) in [4.78, 5) is 32.8. The zero-order valence-corrected chi connectivity index (χ0v) is 21.9. The Bertz CT molecular complexity index is 873. The van der Waals surface area contributed by atoms with Crippen LogP contribution in [0.3, 0.4) is 0 Å². The van der Waals surface area contributed by atoms with Crippen molar-refractivity contribution < 1.29 is 9.59 Å². The van der Waals surface area contributed by atoms with E-state index in [1.165, 1.54) is 56.3 Å². The highest BCUT2D eigenvalue weighted by atomic mass is 79.9. The summed E-state index contributed by atoms with van der Waals surface area (Å²) in [6, 6.07) is 6.84. The van der Waals surface area contributed by atoms with Gasteiger partial charge < -0.3 is 9.80 Å². The van der Waals surface area contributed by atoms with Gasteiger partial charge in [0.15, 0.2) is 12.2 Å². The maximum absolute atomic E-state index is 12.7. The fourth-order valence-corrected chi connectivity index (χ4v) is 4.61. The van der Waals surface area contributed by atoms with Crippen molar-refractivity contribution in [2.45, 2.75) is 83.3 Å². The van der Waals surface area contributed by atoms with Gasteiger partial charge in [-0.1, -0.05) is 92.8 Å². The molecule has 2 N–H and O–H groups in total. The van der Waals surface area contributed by atoms with E-state index in [0.29, 0.717) is 12.5 Å². The minimum Gasteiger partial charge on any atom is -0.326 e. The van der Waals surface area contributed by atoms with Crippen molar-refractivity contribution in [1.29, 1.82) is 0 Å². The van der Waals surface area contributed by atoms with Gasteiger partial charge in [0, 0.05) is 18.1 Å². The number of amides is 3. The first kappa shape index (κ1) is 26.2. The molecule has 0 spiro atoms. The molecule has 0 saturated carbocycles. The van der Waals surface area contributed by atoms with Crippen LogP contribution in [0, 0.1) is 0 Å². The lowest BCUT2D eigenvalue weighted by molar-refractivity contribution is -0.127. The van der Waals surface area contributed by atoms with Gasteiger partial charge in [0.1, 0.15) is 0 Å². The summed E-state index contributed by atoms with van der Waals surface area (Å²) < 4.78 is 1.00. The predicted molar refractivity (Wildman–Crippen MR) is 140 cm³/mol. The second-order valence-corrected chi connectivity index (χ2v) is 9.93. The smallest absolute Gasteiger partial charge is 0.325 e. The molecule has 9 heteroatoms. The molecule has 1 saturated heterocycles. The van der Waals surface area contributed by atoms with E-state index in [9.17, 15) is 9.59 Å². The van der Waals surface area contributed by atoms with Crippen LogP contribution >= 0.6 is 15.9 Å². The summed E-state index contributed by atoms with van der Waals surface area (Å²) >= 11 is 3.43. The number of benzene rings is 1. The van der Waals surface area contributed by atoms with Crippen LogP contribution < -0.4 is 10.7 Å². The first-order valence-corrected chi connectivity index (χ1v) is 13.3. The summed E-state index contributed by atoms with van der Waals surface area (Å²) in [5, 5.41) is 6.77. The molecule has 3 amide bonds. The van der Waals surface area contributed by atoms with Crippen LogP contribution in [0.25, 0.3) is 0 Å². The third-order valence-electron chi connectivity index (χ3n) is 6.36. The fourth-order valence-electron chi connectivity index (χ4n) is 4.35. The van der Waals surface area contributed by atoms with Gasteiger partial charge in [-0.15, -0.1) is 0 Å². The van der Waals surface area contributed by atoms with Gasteiger partial charge in [-0.05, 0) is 24.1 Å². The van der Waals surface area contributed by atoms with Crippen molar-refractivity contribution >= 4 is 40.0 Å². The molecule has 3 rings (SSSR count). The molecule has 8 nitrogen and oxygen atoms in total. The highest BCUT2D eigenvalue weighted by Gasteiger charge is 2.48. The van der Waals surface area contributed by atoms with Gasteiger partial charge in [-0.25, -0.2) is 15.2 Å². The molecule has 2 aliphatic heterocycles. The number of hydrazone groups is 1. The topological polar surface area (TPSA) is 89.4 Å². The van der Waals surface area contributed by atoms with Crippen molar-refractivity contribution in [2.75, 3.05) is 13.6 Å². The number of halogens is 1. The lowest BCUT2D eigenvalue weighted by Gasteiger charge is -2.36. The van der Waals surface area contributed by atoms with E-state index in [4.69, 9.17) is 0 Å². The lowest BCUT2D eigenvalue weighted by atomic mass is 10.1. The monoisotopic (exact) mass is 532 g/mol. The number of nitrogens with one attached hydrogen (secondary N) is 2. The number of unbranched alkanes of at least 4 members (excludes halogenated alkanes) is 9. The van der Waals surface area contributed by atoms with E-state index in [1.54, 1.807) is 13.3 Å². The molecule has 0 bridgehead atoms. The number of likely N-dealkylation sites (N-methyl/N-ethyl adjacent to an activating group) is 1. The molecule has 0 aliphatic carbocycles. The van der Waals surface area contributed by atoms with Crippen LogP contribution in [0.1, 0.15) is 76.7 Å². The normalized spacial score (nSPS) is 20.0. The van der Waals surface area contributed by atoms with E-state index in [1.807, 2.05) is 29.2 Å². The minimum absolute atomic E-state index is 0.308. The van der Waals surface area contributed by atoms with Crippen LogP contribution in [-0.2, 0) is 4.79 Å². The lowest BCUT2D eigenvalue weighted by Crippen LogP contribution is -2.64. The molecule has 1 aromatic carbocycles. The van der Waals surface area contributed by atoms with Gasteiger partial charge in [0.25, 0.3) is 5.91 Å². The van der Waals surface area contributed by atoms with Crippen molar-refractivity contribution in [1.82, 2.24) is 20.5 Å². The zero-order valence-electron chi connectivity index (χ0n) is 20.3. The number of guanidine groups is 1. The van der Waals surface area contributed by atoms with E-state index in [2.05, 4.69) is 43.7 Å². The minimum atomic E-state index is -0.547. The maximum Gasteiger partial charge on any atom is 0.325 e. The molecular weight excluding hydrogens is 496 g/mol. The van der Waals surface area contributed by atoms with E-state index >= 15 is 0 Å². The summed E-state index contributed by atoms with van der Waals surface area (Å²) in [5.41, 5.74) is 3.95. The number of imide groups is 1. The first-order valence-electron chi connectivity index (χ1n) is 12.5. The van der Waals surface area contributed by atoms with Crippen molar-refractivity contribution in [3.63, 3.8) is 0 Å². The van der Waals surface area contributed by atoms with Crippen molar-refractivity contribution in [2.24, 2.45) is 10.1 Å². The van der Waals surface area contributed by atoms with Gasteiger partial charge in [-0.2, -0.15) is 5.10 Å². The van der Waals surface area contributed by atoms with Gasteiger partial charge in [0.2, 0.25) is 5.96 Å². The predicted octanol–water partition coefficient (Wildman–Crippen LogP) is 4.84. The average Bonchev–Trinajstić information content (AvgIpc) is 3.19. The zero-order chi connectivity index (χ0) is 24.3. The molecule has 1 aromatic rings. The molecule has 2 heterocycles. The number of nitrogens with zero attached hydrogens (tertiary/aromatic N) is 4. The molecule has 2 aliphatic rings. The molecule has 2 atom stereocenters. The molecule has 1 fully saturated rings. The number of rotatable bonds is 13. The number of hydrogen-bond donors (Lipinski definition) is 2. The second-order valence-electron chi connectivity index (χ2n) is 9.01. The Morgan fingerprint density at radius 1 is 1.03 bits per heavy atom. The van der Waals surface area contributed by atoms with E-state index < -0.39 is 18.2 Å². The largest absolute Gasteiger partial charge is 0.326 e. The average molecular weight is 534 g/mol. The standard InChI is InChI=1S/C25H37BrN6O2/c1-3-4-5-6-7-8-9-10-11-12-17-32-21-22(31(2)25(34)29-23(21)33)28-24(32)30-27-18-19-13-15-20(26)16-14-19/h13-16,18,21-22H,3-12,17H2,1-2H3,(H,28,30)(H,29,33,34)/b27-18+. The van der Waals surface area contributed by atoms with Crippen LogP contribution in [0.5, 0.6) is 0 Å². The Kier molecular flexibility index (Phi) is 10.4. The number of carbonyl (C=O) groups is 2. The number of carbonyl (C=O) groups excluding carboxylic acids is 2. The maximum atomic E-state index is 12.7. The highest BCUT2D eigenvalue weighted by molar-refractivity contribution is 9.10. The van der Waals surface area contributed by atoms with E-state index in [0.717, 1.165) is 22.9 Å². The number of hydrogen-bond acceptors (Lipinski definition) is 6. The highest BCUT2D eigenvalue weighted by Crippen LogP contribution is 2.24. The Hall–Kier alpha value is -2.42. The van der Waals surface area contributed by atoms with Crippen LogP contribution in [0.2, 0.25) is 0 Å². The van der Waals surface area contributed by atoms with Gasteiger partial charge in [-0.3, -0.25) is 10.1 Å².